The number of benzene rings is 2. The van der Waals surface area contributed by atoms with E-state index < -0.39 is 9.84 Å². The van der Waals surface area contributed by atoms with Gasteiger partial charge in [-0.3, -0.25) is 4.79 Å². The van der Waals surface area contributed by atoms with E-state index in [4.69, 9.17) is 0 Å². The standard InChI is InChI=1S/C19H20N2O3S/c1-25(23,24)18-5-3-2-4-14(18)12-6-7-15-16(8-12)19(22)21-10-13-9-20-11-17(13)15/h2-8,13,17,20H,9-11H2,1H3,(H,21,22)/t13-,17+/m0/s1. The van der Waals surface area contributed by atoms with Gasteiger partial charge >= 0.3 is 0 Å². The summed E-state index contributed by atoms with van der Waals surface area (Å²) in [6.07, 6.45) is 1.21. The normalized spacial score (nSPS) is 22.7. The summed E-state index contributed by atoms with van der Waals surface area (Å²) in [6, 6.07) is 12.7. The smallest absolute Gasteiger partial charge is 0.251 e. The Balaban J connectivity index is 1.87. The predicted octanol–water partition coefficient (Wildman–Crippen LogP) is 1.80. The highest BCUT2D eigenvalue weighted by Gasteiger charge is 2.34. The van der Waals surface area contributed by atoms with E-state index in [-0.39, 0.29) is 10.8 Å². The summed E-state index contributed by atoms with van der Waals surface area (Å²) < 4.78 is 24.2. The van der Waals surface area contributed by atoms with E-state index in [0.717, 1.165) is 24.2 Å². The molecule has 1 fully saturated rings. The third-order valence-electron chi connectivity index (χ3n) is 5.16. The Bertz CT molecular complexity index is 953. The number of hydrogen-bond donors (Lipinski definition) is 2. The molecule has 2 heterocycles. The molecule has 2 atom stereocenters. The van der Waals surface area contributed by atoms with Crippen molar-refractivity contribution in [1.82, 2.24) is 10.6 Å². The number of hydrogen-bond acceptors (Lipinski definition) is 4. The molecule has 2 aromatic rings. The monoisotopic (exact) mass is 356 g/mol. The van der Waals surface area contributed by atoms with Crippen molar-refractivity contribution < 1.29 is 13.2 Å². The topological polar surface area (TPSA) is 75.3 Å². The quantitative estimate of drug-likeness (QED) is 0.860. The second-order valence-corrected chi connectivity index (χ2v) is 8.79. The van der Waals surface area contributed by atoms with Crippen LogP contribution in [0.5, 0.6) is 0 Å². The van der Waals surface area contributed by atoms with Crippen LogP contribution in [0, 0.1) is 5.92 Å². The lowest BCUT2D eigenvalue weighted by Crippen LogP contribution is -2.28. The van der Waals surface area contributed by atoms with Gasteiger partial charge in [-0.05, 0) is 29.2 Å². The molecule has 0 unspecified atom stereocenters. The second-order valence-electron chi connectivity index (χ2n) is 6.81. The molecule has 0 saturated carbocycles. The lowest BCUT2D eigenvalue weighted by atomic mass is 9.86. The summed E-state index contributed by atoms with van der Waals surface area (Å²) >= 11 is 0. The Hall–Kier alpha value is -2.18. The maximum absolute atomic E-state index is 12.6. The van der Waals surface area contributed by atoms with Crippen molar-refractivity contribution in [2.45, 2.75) is 10.8 Å². The van der Waals surface area contributed by atoms with Crippen LogP contribution in [0.3, 0.4) is 0 Å². The number of carbonyl (C=O) groups is 1. The van der Waals surface area contributed by atoms with E-state index >= 15 is 0 Å². The third kappa shape index (κ3) is 2.85. The first kappa shape index (κ1) is 16.3. The molecule has 0 radical (unpaired) electrons. The van der Waals surface area contributed by atoms with Crippen LogP contribution in [-0.4, -0.2) is 40.2 Å². The zero-order chi connectivity index (χ0) is 17.6. The molecule has 5 nitrogen and oxygen atoms in total. The number of fused-ring (bicyclic) bond motifs is 3. The number of rotatable bonds is 2. The second kappa shape index (κ2) is 5.97. The van der Waals surface area contributed by atoms with E-state index in [2.05, 4.69) is 10.6 Å². The van der Waals surface area contributed by atoms with Gasteiger partial charge in [0, 0.05) is 42.9 Å². The van der Waals surface area contributed by atoms with Crippen LogP contribution in [-0.2, 0) is 9.84 Å². The fourth-order valence-corrected chi connectivity index (χ4v) is 4.81. The molecular formula is C19H20N2O3S. The van der Waals surface area contributed by atoms with Crippen LogP contribution in [0.4, 0.5) is 0 Å². The summed E-state index contributed by atoms with van der Waals surface area (Å²) in [7, 11) is -3.35. The number of nitrogens with one attached hydrogen (secondary N) is 2. The van der Waals surface area contributed by atoms with Gasteiger partial charge in [-0.25, -0.2) is 8.42 Å². The van der Waals surface area contributed by atoms with Gasteiger partial charge in [-0.15, -0.1) is 0 Å². The molecule has 2 N–H and O–H groups in total. The minimum Gasteiger partial charge on any atom is -0.352 e. The third-order valence-corrected chi connectivity index (χ3v) is 6.31. The van der Waals surface area contributed by atoms with E-state index in [1.54, 1.807) is 18.2 Å². The Morgan fingerprint density at radius 3 is 2.60 bits per heavy atom. The van der Waals surface area contributed by atoms with Crippen molar-refractivity contribution in [2.75, 3.05) is 25.9 Å². The molecule has 0 aliphatic carbocycles. The molecule has 0 bridgehead atoms. The van der Waals surface area contributed by atoms with Crippen LogP contribution >= 0.6 is 0 Å². The molecule has 2 aliphatic heterocycles. The minimum atomic E-state index is -3.35. The molecule has 1 saturated heterocycles. The average Bonchev–Trinajstić information content (AvgIpc) is 3.02. The highest BCUT2D eigenvalue weighted by molar-refractivity contribution is 7.90. The molecule has 25 heavy (non-hydrogen) atoms. The fourth-order valence-electron chi connectivity index (χ4n) is 3.90. The SMILES string of the molecule is CS(=O)(=O)c1ccccc1-c1ccc2c(c1)C(=O)NC[C@@H]1CNC[C@@H]21. The van der Waals surface area contributed by atoms with Crippen molar-refractivity contribution in [1.29, 1.82) is 0 Å². The van der Waals surface area contributed by atoms with Crippen molar-refractivity contribution >= 4 is 15.7 Å². The van der Waals surface area contributed by atoms with Crippen LogP contribution in [0.2, 0.25) is 0 Å². The van der Waals surface area contributed by atoms with E-state index in [9.17, 15) is 13.2 Å². The average molecular weight is 356 g/mol. The van der Waals surface area contributed by atoms with Crippen molar-refractivity contribution in [2.24, 2.45) is 5.92 Å². The van der Waals surface area contributed by atoms with E-state index in [0.29, 0.717) is 29.5 Å². The minimum absolute atomic E-state index is 0.0805. The van der Waals surface area contributed by atoms with Crippen LogP contribution < -0.4 is 10.6 Å². The lowest BCUT2D eigenvalue weighted by Gasteiger charge is -2.17. The van der Waals surface area contributed by atoms with Gasteiger partial charge in [-0.2, -0.15) is 0 Å². The highest BCUT2D eigenvalue weighted by atomic mass is 32.2. The lowest BCUT2D eigenvalue weighted by molar-refractivity contribution is 0.0952. The Labute approximate surface area is 147 Å². The molecule has 0 spiro atoms. The summed E-state index contributed by atoms with van der Waals surface area (Å²) in [4.78, 5) is 12.8. The summed E-state index contributed by atoms with van der Waals surface area (Å²) in [6.45, 7) is 2.44. The number of carbonyl (C=O) groups excluding carboxylic acids is 1. The molecular weight excluding hydrogens is 336 g/mol. The van der Waals surface area contributed by atoms with Crippen molar-refractivity contribution in [3.05, 3.63) is 53.6 Å². The van der Waals surface area contributed by atoms with Gasteiger partial charge in [0.25, 0.3) is 5.91 Å². The van der Waals surface area contributed by atoms with Gasteiger partial charge in [-0.1, -0.05) is 30.3 Å². The molecule has 4 rings (SSSR count). The molecule has 130 valence electrons. The molecule has 2 aliphatic rings. The zero-order valence-electron chi connectivity index (χ0n) is 14.0. The van der Waals surface area contributed by atoms with Crippen molar-refractivity contribution in [3.63, 3.8) is 0 Å². The van der Waals surface area contributed by atoms with Gasteiger partial charge < -0.3 is 10.6 Å². The first-order valence-corrected chi connectivity index (χ1v) is 10.3. The summed E-state index contributed by atoms with van der Waals surface area (Å²) in [5.41, 5.74) is 3.08. The number of amides is 1. The van der Waals surface area contributed by atoms with E-state index in [1.807, 2.05) is 24.3 Å². The molecule has 2 aromatic carbocycles. The summed E-state index contributed by atoms with van der Waals surface area (Å²) in [5.74, 6) is 0.635. The Kier molecular flexibility index (Phi) is 3.89. The van der Waals surface area contributed by atoms with Gasteiger partial charge in [0.05, 0.1) is 4.90 Å². The maximum atomic E-state index is 12.6. The van der Waals surface area contributed by atoms with Gasteiger partial charge in [0.2, 0.25) is 0 Å². The van der Waals surface area contributed by atoms with Crippen LogP contribution in [0.1, 0.15) is 21.8 Å². The molecule has 0 aromatic heterocycles. The van der Waals surface area contributed by atoms with E-state index in [1.165, 1.54) is 6.26 Å². The fraction of sp³-hybridized carbons (Fsp3) is 0.316. The van der Waals surface area contributed by atoms with Gasteiger partial charge in [0.1, 0.15) is 0 Å². The highest BCUT2D eigenvalue weighted by Crippen LogP contribution is 2.36. The molecule has 6 heteroatoms. The summed E-state index contributed by atoms with van der Waals surface area (Å²) in [5, 5.41) is 6.39. The predicted molar refractivity (Wildman–Crippen MR) is 96.4 cm³/mol. The maximum Gasteiger partial charge on any atom is 0.251 e. The largest absolute Gasteiger partial charge is 0.352 e. The zero-order valence-corrected chi connectivity index (χ0v) is 14.8. The first-order chi connectivity index (χ1) is 11.9. The Morgan fingerprint density at radius 1 is 1.00 bits per heavy atom. The number of sulfone groups is 1. The first-order valence-electron chi connectivity index (χ1n) is 8.37. The van der Waals surface area contributed by atoms with Gasteiger partial charge in [0.15, 0.2) is 9.84 Å². The van der Waals surface area contributed by atoms with Crippen LogP contribution in [0.15, 0.2) is 47.4 Å². The molecule has 1 amide bonds. The Morgan fingerprint density at radius 2 is 1.80 bits per heavy atom. The van der Waals surface area contributed by atoms with Crippen LogP contribution in [0.25, 0.3) is 11.1 Å². The van der Waals surface area contributed by atoms with Crippen molar-refractivity contribution in [3.8, 4) is 11.1 Å².